The molecule has 0 atom stereocenters. The van der Waals surface area contributed by atoms with E-state index in [1.165, 1.54) is 6.20 Å². The SMILES string of the molecule is CNc1cnc(C(=O)Nc2c(F)cc(F)cc2F)cn1. The number of rotatable bonds is 3. The van der Waals surface area contributed by atoms with Crippen LogP contribution in [0.2, 0.25) is 0 Å². The maximum atomic E-state index is 13.4. The first kappa shape index (κ1) is 13.8. The van der Waals surface area contributed by atoms with Crippen molar-refractivity contribution in [3.63, 3.8) is 0 Å². The van der Waals surface area contributed by atoms with Crippen LogP contribution < -0.4 is 10.6 Å². The summed E-state index contributed by atoms with van der Waals surface area (Å²) in [6.07, 6.45) is 2.42. The minimum Gasteiger partial charge on any atom is -0.372 e. The lowest BCUT2D eigenvalue weighted by Gasteiger charge is -2.07. The third-order valence-corrected chi connectivity index (χ3v) is 2.39. The van der Waals surface area contributed by atoms with Crippen molar-refractivity contribution in [1.82, 2.24) is 9.97 Å². The molecule has 2 N–H and O–H groups in total. The lowest BCUT2D eigenvalue weighted by atomic mass is 10.2. The van der Waals surface area contributed by atoms with Gasteiger partial charge < -0.3 is 10.6 Å². The number of hydrogen-bond acceptors (Lipinski definition) is 4. The molecule has 0 aliphatic carbocycles. The highest BCUT2D eigenvalue weighted by atomic mass is 19.1. The molecule has 0 aliphatic heterocycles. The molecule has 1 aromatic carbocycles. The van der Waals surface area contributed by atoms with Gasteiger partial charge in [-0.05, 0) is 0 Å². The van der Waals surface area contributed by atoms with Crippen molar-refractivity contribution in [2.75, 3.05) is 17.7 Å². The molecule has 1 amide bonds. The van der Waals surface area contributed by atoms with E-state index in [0.717, 1.165) is 6.20 Å². The molecule has 0 unspecified atom stereocenters. The van der Waals surface area contributed by atoms with Crippen molar-refractivity contribution in [2.24, 2.45) is 0 Å². The van der Waals surface area contributed by atoms with E-state index in [1.807, 2.05) is 5.32 Å². The first-order valence-corrected chi connectivity index (χ1v) is 5.47. The smallest absolute Gasteiger partial charge is 0.276 e. The summed E-state index contributed by atoms with van der Waals surface area (Å²) in [5, 5.41) is 4.68. The van der Waals surface area contributed by atoms with E-state index in [9.17, 15) is 18.0 Å². The van der Waals surface area contributed by atoms with Gasteiger partial charge in [-0.25, -0.2) is 23.1 Å². The Morgan fingerprint density at radius 1 is 1.10 bits per heavy atom. The van der Waals surface area contributed by atoms with Crippen molar-refractivity contribution in [2.45, 2.75) is 0 Å². The average molecular weight is 282 g/mol. The van der Waals surface area contributed by atoms with E-state index < -0.39 is 29.0 Å². The average Bonchev–Trinajstić information content (AvgIpc) is 2.42. The van der Waals surface area contributed by atoms with E-state index in [1.54, 1.807) is 7.05 Å². The van der Waals surface area contributed by atoms with Crippen molar-refractivity contribution in [1.29, 1.82) is 0 Å². The summed E-state index contributed by atoms with van der Waals surface area (Å²) in [7, 11) is 1.62. The number of carbonyl (C=O) groups excluding carboxylic acids is 1. The van der Waals surface area contributed by atoms with Crippen LogP contribution in [0.25, 0.3) is 0 Å². The largest absolute Gasteiger partial charge is 0.372 e. The monoisotopic (exact) mass is 282 g/mol. The minimum absolute atomic E-state index is 0.132. The normalized spacial score (nSPS) is 10.2. The molecule has 0 radical (unpaired) electrons. The van der Waals surface area contributed by atoms with Crippen LogP contribution in [0.4, 0.5) is 24.7 Å². The molecule has 2 rings (SSSR count). The third kappa shape index (κ3) is 2.85. The minimum atomic E-state index is -1.21. The number of hydrogen-bond donors (Lipinski definition) is 2. The number of nitrogens with zero attached hydrogens (tertiary/aromatic N) is 2. The summed E-state index contributed by atoms with van der Waals surface area (Å²) in [6.45, 7) is 0. The molecule has 0 spiro atoms. The number of amides is 1. The van der Waals surface area contributed by atoms with E-state index in [0.29, 0.717) is 18.0 Å². The van der Waals surface area contributed by atoms with Gasteiger partial charge in [-0.15, -0.1) is 0 Å². The van der Waals surface area contributed by atoms with Crippen LogP contribution in [0.3, 0.4) is 0 Å². The Kier molecular flexibility index (Phi) is 3.83. The zero-order valence-electron chi connectivity index (χ0n) is 10.2. The lowest BCUT2D eigenvalue weighted by Crippen LogP contribution is -2.16. The van der Waals surface area contributed by atoms with E-state index >= 15 is 0 Å². The first-order valence-electron chi connectivity index (χ1n) is 5.47. The maximum absolute atomic E-state index is 13.4. The van der Waals surface area contributed by atoms with Gasteiger partial charge in [0.25, 0.3) is 5.91 Å². The number of carbonyl (C=O) groups is 1. The fraction of sp³-hybridized carbons (Fsp3) is 0.0833. The summed E-state index contributed by atoms with van der Waals surface area (Å²) in [5.41, 5.74) is -0.872. The van der Waals surface area contributed by atoms with Crippen molar-refractivity contribution in [3.05, 3.63) is 47.7 Å². The van der Waals surface area contributed by atoms with Crippen molar-refractivity contribution in [3.8, 4) is 0 Å². The molecule has 0 saturated heterocycles. The van der Waals surface area contributed by atoms with Gasteiger partial charge in [-0.2, -0.15) is 0 Å². The Morgan fingerprint density at radius 3 is 2.25 bits per heavy atom. The highest BCUT2D eigenvalue weighted by Gasteiger charge is 2.16. The molecule has 1 heterocycles. The predicted octanol–water partition coefficient (Wildman–Crippen LogP) is 2.19. The second kappa shape index (κ2) is 5.55. The first-order chi connectivity index (χ1) is 9.51. The number of anilines is 2. The molecule has 5 nitrogen and oxygen atoms in total. The van der Waals surface area contributed by atoms with Crippen molar-refractivity contribution >= 4 is 17.4 Å². The fourth-order valence-corrected chi connectivity index (χ4v) is 1.41. The highest BCUT2D eigenvalue weighted by Crippen LogP contribution is 2.20. The van der Waals surface area contributed by atoms with E-state index in [2.05, 4.69) is 15.3 Å². The maximum Gasteiger partial charge on any atom is 0.276 e. The van der Waals surface area contributed by atoms with Crippen LogP contribution in [-0.2, 0) is 0 Å². The van der Waals surface area contributed by atoms with Crippen LogP contribution in [-0.4, -0.2) is 22.9 Å². The Hall–Kier alpha value is -2.64. The Bertz CT molecular complexity index is 623. The standard InChI is InChI=1S/C12H9F3N4O/c1-16-10-5-17-9(4-18-10)12(20)19-11-7(14)2-6(13)3-8(11)15/h2-5H,1H3,(H,16,18)(H,19,20). The molecule has 0 aliphatic rings. The van der Waals surface area contributed by atoms with Gasteiger partial charge in [0.1, 0.15) is 23.0 Å². The second-order valence-corrected chi connectivity index (χ2v) is 3.74. The zero-order chi connectivity index (χ0) is 14.7. The van der Waals surface area contributed by atoms with E-state index in [4.69, 9.17) is 0 Å². The Balaban J connectivity index is 2.23. The number of benzene rings is 1. The third-order valence-electron chi connectivity index (χ3n) is 2.39. The second-order valence-electron chi connectivity index (χ2n) is 3.74. The molecular formula is C12H9F3N4O. The Morgan fingerprint density at radius 2 is 1.75 bits per heavy atom. The van der Waals surface area contributed by atoms with Gasteiger partial charge in [-0.3, -0.25) is 4.79 Å². The quantitative estimate of drug-likeness (QED) is 0.905. The number of nitrogens with one attached hydrogen (secondary N) is 2. The van der Waals surface area contributed by atoms with Gasteiger partial charge in [0.05, 0.1) is 12.4 Å². The molecule has 0 fully saturated rings. The van der Waals surface area contributed by atoms with Crippen LogP contribution in [0.1, 0.15) is 10.5 Å². The van der Waals surface area contributed by atoms with Gasteiger partial charge in [0, 0.05) is 19.2 Å². The molecule has 0 bridgehead atoms. The molecular weight excluding hydrogens is 273 g/mol. The van der Waals surface area contributed by atoms with Crippen molar-refractivity contribution < 1.29 is 18.0 Å². The van der Waals surface area contributed by atoms with Crippen LogP contribution in [0, 0.1) is 17.5 Å². The topological polar surface area (TPSA) is 66.9 Å². The van der Waals surface area contributed by atoms with Gasteiger partial charge in [0.2, 0.25) is 0 Å². The number of halogens is 3. The fourth-order valence-electron chi connectivity index (χ4n) is 1.41. The molecule has 2 aromatic rings. The van der Waals surface area contributed by atoms with Gasteiger partial charge in [0.15, 0.2) is 11.6 Å². The summed E-state index contributed by atoms with van der Waals surface area (Å²) in [4.78, 5) is 19.3. The molecule has 8 heteroatoms. The molecule has 20 heavy (non-hydrogen) atoms. The molecule has 0 saturated carbocycles. The summed E-state index contributed by atoms with van der Waals surface area (Å²) < 4.78 is 39.5. The van der Waals surface area contributed by atoms with Gasteiger partial charge >= 0.3 is 0 Å². The van der Waals surface area contributed by atoms with E-state index in [-0.39, 0.29) is 5.69 Å². The zero-order valence-corrected chi connectivity index (χ0v) is 10.2. The van der Waals surface area contributed by atoms with Crippen LogP contribution in [0.15, 0.2) is 24.5 Å². The Labute approximate surface area is 111 Å². The summed E-state index contributed by atoms with van der Waals surface area (Å²) in [6, 6.07) is 0.933. The lowest BCUT2D eigenvalue weighted by molar-refractivity contribution is 0.102. The summed E-state index contributed by atoms with van der Waals surface area (Å²) >= 11 is 0. The van der Waals surface area contributed by atoms with Crippen LogP contribution >= 0.6 is 0 Å². The molecule has 1 aromatic heterocycles. The number of aromatic nitrogens is 2. The highest BCUT2D eigenvalue weighted by molar-refractivity contribution is 6.02. The predicted molar refractivity (Wildman–Crippen MR) is 65.8 cm³/mol. The summed E-state index contributed by atoms with van der Waals surface area (Å²) in [5.74, 6) is -3.92. The molecule has 104 valence electrons. The van der Waals surface area contributed by atoms with Gasteiger partial charge in [-0.1, -0.05) is 0 Å². The van der Waals surface area contributed by atoms with Crippen LogP contribution in [0.5, 0.6) is 0 Å².